The van der Waals surface area contributed by atoms with Gasteiger partial charge >= 0.3 is 0 Å². The van der Waals surface area contributed by atoms with Gasteiger partial charge in [0.2, 0.25) is 0 Å². The Bertz CT molecular complexity index is 612. The highest BCUT2D eigenvalue weighted by Crippen LogP contribution is 2.40. The van der Waals surface area contributed by atoms with Crippen LogP contribution in [0.2, 0.25) is 0 Å². The van der Waals surface area contributed by atoms with E-state index in [1.54, 1.807) is 0 Å². The van der Waals surface area contributed by atoms with Crippen molar-refractivity contribution < 1.29 is 0 Å². The van der Waals surface area contributed by atoms with E-state index in [1.807, 2.05) is 0 Å². The topological polar surface area (TPSA) is 3.24 Å². The lowest BCUT2D eigenvalue weighted by atomic mass is 9.76. The Morgan fingerprint density at radius 1 is 0.952 bits per heavy atom. The van der Waals surface area contributed by atoms with Crippen molar-refractivity contribution in [2.24, 2.45) is 0 Å². The Morgan fingerprint density at radius 2 is 1.57 bits per heavy atom. The third kappa shape index (κ3) is 3.33. The number of fused-ring (bicyclic) bond motifs is 1. The Kier molecular flexibility index (Phi) is 5.48. The molecule has 0 bridgehead atoms. The maximum atomic E-state index is 3.73. The molecule has 21 heavy (non-hydrogen) atoms. The molecule has 0 aliphatic heterocycles. The SMILES string of the molecule is CN(C)[C@@H]1Cc2ccccc2[C@@H](c2ccccc2Br)C1.Cl. The lowest BCUT2D eigenvalue weighted by Crippen LogP contribution is -2.35. The van der Waals surface area contributed by atoms with E-state index in [1.165, 1.54) is 27.6 Å². The molecule has 0 spiro atoms. The Balaban J connectivity index is 0.00000161. The fourth-order valence-electron chi connectivity index (χ4n) is 3.24. The summed E-state index contributed by atoms with van der Waals surface area (Å²) in [5.74, 6) is 0.489. The first-order valence-electron chi connectivity index (χ1n) is 7.15. The van der Waals surface area contributed by atoms with Crippen LogP contribution in [0.4, 0.5) is 0 Å². The number of rotatable bonds is 2. The molecule has 0 amide bonds. The predicted octanol–water partition coefficient (Wildman–Crippen LogP) is 4.88. The minimum absolute atomic E-state index is 0. The van der Waals surface area contributed by atoms with Gasteiger partial charge < -0.3 is 4.90 Å². The molecule has 0 fully saturated rings. The van der Waals surface area contributed by atoms with Crippen molar-refractivity contribution in [2.45, 2.75) is 24.8 Å². The van der Waals surface area contributed by atoms with Crippen LogP contribution in [0.25, 0.3) is 0 Å². The van der Waals surface area contributed by atoms with Crippen LogP contribution >= 0.6 is 28.3 Å². The first-order valence-corrected chi connectivity index (χ1v) is 7.94. The van der Waals surface area contributed by atoms with Gasteiger partial charge in [-0.3, -0.25) is 0 Å². The van der Waals surface area contributed by atoms with Crippen molar-refractivity contribution in [3.05, 3.63) is 69.7 Å². The van der Waals surface area contributed by atoms with Gasteiger partial charge in [0.1, 0.15) is 0 Å². The minimum Gasteiger partial charge on any atom is -0.306 e. The monoisotopic (exact) mass is 365 g/mol. The molecule has 1 nitrogen and oxygen atoms in total. The summed E-state index contributed by atoms with van der Waals surface area (Å²) in [7, 11) is 4.38. The number of nitrogens with zero attached hydrogens (tertiary/aromatic N) is 1. The average molecular weight is 367 g/mol. The summed E-state index contributed by atoms with van der Waals surface area (Å²) in [6, 6.07) is 18.2. The van der Waals surface area contributed by atoms with E-state index in [0.717, 1.165) is 6.42 Å². The van der Waals surface area contributed by atoms with E-state index >= 15 is 0 Å². The zero-order valence-electron chi connectivity index (χ0n) is 12.4. The number of hydrogen-bond acceptors (Lipinski definition) is 1. The maximum Gasteiger partial charge on any atom is 0.0213 e. The lowest BCUT2D eigenvalue weighted by Gasteiger charge is -2.35. The van der Waals surface area contributed by atoms with Crippen LogP contribution in [0, 0.1) is 0 Å². The van der Waals surface area contributed by atoms with Gasteiger partial charge in [-0.2, -0.15) is 0 Å². The van der Waals surface area contributed by atoms with Gasteiger partial charge in [-0.25, -0.2) is 0 Å². The first-order chi connectivity index (χ1) is 9.66. The van der Waals surface area contributed by atoms with Crippen LogP contribution in [0.5, 0.6) is 0 Å². The number of benzene rings is 2. The fourth-order valence-corrected chi connectivity index (χ4v) is 3.80. The first kappa shape index (κ1) is 16.5. The fraction of sp³-hybridized carbons (Fsp3) is 0.333. The number of likely N-dealkylation sites (N-methyl/N-ethyl adjacent to an activating group) is 1. The predicted molar refractivity (Wildman–Crippen MR) is 95.5 cm³/mol. The molecule has 0 N–H and O–H groups in total. The Labute approximate surface area is 141 Å². The molecule has 3 heteroatoms. The third-order valence-corrected chi connectivity index (χ3v) is 5.13. The summed E-state index contributed by atoms with van der Waals surface area (Å²) in [6.45, 7) is 0. The summed E-state index contributed by atoms with van der Waals surface area (Å²) < 4.78 is 1.22. The normalized spacial score (nSPS) is 20.8. The van der Waals surface area contributed by atoms with E-state index in [4.69, 9.17) is 0 Å². The van der Waals surface area contributed by atoms with E-state index in [-0.39, 0.29) is 12.4 Å². The highest BCUT2D eigenvalue weighted by molar-refractivity contribution is 9.10. The standard InChI is InChI=1S/C18H20BrN.ClH/c1-20(2)14-11-13-7-3-4-8-15(13)17(12-14)16-9-5-6-10-18(16)19;/h3-10,14,17H,11-12H2,1-2H3;1H/t14-,17+;/m1./s1. The van der Waals surface area contributed by atoms with E-state index in [9.17, 15) is 0 Å². The van der Waals surface area contributed by atoms with E-state index < -0.39 is 0 Å². The molecule has 0 radical (unpaired) electrons. The van der Waals surface area contributed by atoms with Crippen molar-refractivity contribution in [3.63, 3.8) is 0 Å². The summed E-state index contributed by atoms with van der Waals surface area (Å²) in [4.78, 5) is 2.36. The van der Waals surface area contributed by atoms with E-state index in [0.29, 0.717) is 12.0 Å². The molecule has 3 rings (SSSR count). The lowest BCUT2D eigenvalue weighted by molar-refractivity contribution is 0.258. The van der Waals surface area contributed by atoms with Crippen molar-refractivity contribution in [3.8, 4) is 0 Å². The van der Waals surface area contributed by atoms with Gasteiger partial charge in [0, 0.05) is 16.4 Å². The molecule has 0 saturated carbocycles. The van der Waals surface area contributed by atoms with Gasteiger partial charge in [-0.05, 0) is 49.7 Å². The smallest absolute Gasteiger partial charge is 0.0213 e. The number of halogens is 2. The highest BCUT2D eigenvalue weighted by atomic mass is 79.9. The molecule has 0 unspecified atom stereocenters. The quantitative estimate of drug-likeness (QED) is 0.732. The molecule has 2 aromatic carbocycles. The van der Waals surface area contributed by atoms with Gasteiger partial charge in [0.25, 0.3) is 0 Å². The third-order valence-electron chi connectivity index (χ3n) is 4.40. The van der Waals surface area contributed by atoms with Gasteiger partial charge in [-0.15, -0.1) is 12.4 Å². The van der Waals surface area contributed by atoms with Crippen molar-refractivity contribution >= 4 is 28.3 Å². The molecule has 0 heterocycles. The molecular formula is C18H21BrClN. The Hall–Kier alpha value is -0.830. The molecule has 2 atom stereocenters. The van der Waals surface area contributed by atoms with Gasteiger partial charge in [-0.1, -0.05) is 58.4 Å². The van der Waals surface area contributed by atoms with Crippen LogP contribution < -0.4 is 0 Å². The van der Waals surface area contributed by atoms with Crippen LogP contribution in [-0.2, 0) is 6.42 Å². The molecular weight excluding hydrogens is 346 g/mol. The second-order valence-electron chi connectivity index (χ2n) is 5.83. The molecule has 0 aromatic heterocycles. The summed E-state index contributed by atoms with van der Waals surface area (Å²) in [5, 5.41) is 0. The zero-order valence-corrected chi connectivity index (χ0v) is 14.8. The Morgan fingerprint density at radius 3 is 2.24 bits per heavy atom. The second kappa shape index (κ2) is 6.95. The van der Waals surface area contributed by atoms with Crippen molar-refractivity contribution in [2.75, 3.05) is 14.1 Å². The van der Waals surface area contributed by atoms with Crippen LogP contribution in [-0.4, -0.2) is 25.0 Å². The largest absolute Gasteiger partial charge is 0.306 e. The second-order valence-corrected chi connectivity index (χ2v) is 6.68. The summed E-state index contributed by atoms with van der Waals surface area (Å²) in [5.41, 5.74) is 4.40. The molecule has 112 valence electrons. The average Bonchev–Trinajstić information content (AvgIpc) is 2.46. The van der Waals surface area contributed by atoms with Crippen LogP contribution in [0.1, 0.15) is 29.0 Å². The molecule has 0 saturated heterocycles. The van der Waals surface area contributed by atoms with E-state index in [2.05, 4.69) is 83.5 Å². The van der Waals surface area contributed by atoms with Crippen molar-refractivity contribution in [1.82, 2.24) is 4.90 Å². The molecule has 1 aliphatic carbocycles. The van der Waals surface area contributed by atoms with Crippen LogP contribution in [0.15, 0.2) is 53.0 Å². The summed E-state index contributed by atoms with van der Waals surface area (Å²) >= 11 is 3.73. The minimum atomic E-state index is 0. The summed E-state index contributed by atoms with van der Waals surface area (Å²) in [6.07, 6.45) is 2.34. The number of hydrogen-bond donors (Lipinski definition) is 0. The molecule has 1 aliphatic rings. The highest BCUT2D eigenvalue weighted by Gasteiger charge is 2.29. The van der Waals surface area contributed by atoms with Gasteiger partial charge in [0.05, 0.1) is 0 Å². The van der Waals surface area contributed by atoms with Gasteiger partial charge in [0.15, 0.2) is 0 Å². The molecule has 2 aromatic rings. The van der Waals surface area contributed by atoms with Crippen molar-refractivity contribution in [1.29, 1.82) is 0 Å². The maximum absolute atomic E-state index is 3.73. The zero-order chi connectivity index (χ0) is 14.1. The van der Waals surface area contributed by atoms with Crippen LogP contribution in [0.3, 0.4) is 0 Å².